The van der Waals surface area contributed by atoms with Crippen LogP contribution in [0.1, 0.15) is 23.2 Å². The third-order valence-corrected chi connectivity index (χ3v) is 3.38. The van der Waals surface area contributed by atoms with E-state index in [0.717, 1.165) is 19.4 Å². The molecule has 1 saturated heterocycles. The van der Waals surface area contributed by atoms with Gasteiger partial charge >= 0.3 is 0 Å². The first-order valence-corrected chi connectivity index (χ1v) is 6.42. The number of benzene rings is 1. The highest BCUT2D eigenvalue weighted by Gasteiger charge is 2.24. The minimum absolute atomic E-state index is 0. The van der Waals surface area contributed by atoms with Crippen LogP contribution in [0.5, 0.6) is 11.5 Å². The molecule has 1 heterocycles. The van der Waals surface area contributed by atoms with Gasteiger partial charge < -0.3 is 20.1 Å². The lowest BCUT2D eigenvalue weighted by Gasteiger charge is -2.31. The number of amides is 1. The molecule has 1 amide bonds. The number of likely N-dealkylation sites (tertiary alicyclic amines) is 1. The van der Waals surface area contributed by atoms with Crippen molar-refractivity contribution >= 4 is 18.3 Å². The average Bonchev–Trinajstić information content (AvgIpc) is 2.45. The first-order chi connectivity index (χ1) is 9.15. The molecule has 1 aliphatic rings. The van der Waals surface area contributed by atoms with E-state index in [-0.39, 0.29) is 24.4 Å². The van der Waals surface area contributed by atoms with Crippen molar-refractivity contribution in [1.29, 1.82) is 0 Å². The normalized spacial score (nSPS) is 18.1. The summed E-state index contributed by atoms with van der Waals surface area (Å²) in [6, 6.07) is 5.30. The summed E-state index contributed by atoms with van der Waals surface area (Å²) in [4.78, 5) is 14.3. The largest absolute Gasteiger partial charge is 0.497 e. The van der Waals surface area contributed by atoms with E-state index in [9.17, 15) is 4.79 Å². The van der Waals surface area contributed by atoms with E-state index in [1.807, 2.05) is 0 Å². The highest BCUT2D eigenvalue weighted by Crippen LogP contribution is 2.26. The molecular formula is C14H21ClN2O3. The Hall–Kier alpha value is -1.46. The van der Waals surface area contributed by atoms with Gasteiger partial charge in [-0.15, -0.1) is 12.4 Å². The quantitative estimate of drug-likeness (QED) is 0.922. The van der Waals surface area contributed by atoms with Crippen LogP contribution >= 0.6 is 12.4 Å². The van der Waals surface area contributed by atoms with Gasteiger partial charge in [0.25, 0.3) is 5.91 Å². The minimum atomic E-state index is -0.0501. The van der Waals surface area contributed by atoms with Crippen molar-refractivity contribution in [2.75, 3.05) is 27.3 Å². The summed E-state index contributed by atoms with van der Waals surface area (Å²) in [5.41, 5.74) is 6.44. The molecule has 5 nitrogen and oxygen atoms in total. The zero-order valence-corrected chi connectivity index (χ0v) is 12.6. The Labute approximate surface area is 125 Å². The molecule has 1 fully saturated rings. The minimum Gasteiger partial charge on any atom is -0.497 e. The van der Waals surface area contributed by atoms with Gasteiger partial charge in [0.2, 0.25) is 0 Å². The van der Waals surface area contributed by atoms with E-state index in [4.69, 9.17) is 15.2 Å². The SMILES string of the molecule is COc1ccc(OC)c(C(=O)N2CCC[C@@H](N)C2)c1.Cl. The van der Waals surface area contributed by atoms with Crippen LogP contribution in [0, 0.1) is 0 Å². The maximum absolute atomic E-state index is 12.5. The zero-order chi connectivity index (χ0) is 13.8. The zero-order valence-electron chi connectivity index (χ0n) is 11.8. The van der Waals surface area contributed by atoms with Gasteiger partial charge in [-0.05, 0) is 31.0 Å². The second-order valence-electron chi connectivity index (χ2n) is 4.72. The molecule has 0 unspecified atom stereocenters. The van der Waals surface area contributed by atoms with E-state index in [1.165, 1.54) is 0 Å². The van der Waals surface area contributed by atoms with E-state index in [1.54, 1.807) is 37.3 Å². The third-order valence-electron chi connectivity index (χ3n) is 3.38. The molecular weight excluding hydrogens is 280 g/mol. The maximum atomic E-state index is 12.5. The molecule has 2 N–H and O–H groups in total. The Bertz CT molecular complexity index is 468. The fraction of sp³-hybridized carbons (Fsp3) is 0.500. The first kappa shape index (κ1) is 16.6. The molecule has 0 saturated carbocycles. The number of carbonyl (C=O) groups is 1. The fourth-order valence-electron chi connectivity index (χ4n) is 2.35. The Morgan fingerprint density at radius 1 is 1.35 bits per heavy atom. The number of piperidine rings is 1. The van der Waals surface area contributed by atoms with Crippen LogP contribution in [0.15, 0.2) is 18.2 Å². The van der Waals surface area contributed by atoms with Crippen LogP contribution in [-0.4, -0.2) is 44.2 Å². The van der Waals surface area contributed by atoms with Gasteiger partial charge in [0, 0.05) is 19.1 Å². The molecule has 0 radical (unpaired) electrons. The molecule has 20 heavy (non-hydrogen) atoms. The number of hydrogen-bond acceptors (Lipinski definition) is 4. The number of hydrogen-bond donors (Lipinski definition) is 1. The monoisotopic (exact) mass is 300 g/mol. The van der Waals surface area contributed by atoms with Gasteiger partial charge in [-0.25, -0.2) is 0 Å². The topological polar surface area (TPSA) is 64.8 Å². The van der Waals surface area contributed by atoms with Gasteiger partial charge in [0.15, 0.2) is 0 Å². The van der Waals surface area contributed by atoms with Gasteiger partial charge in [-0.3, -0.25) is 4.79 Å². The summed E-state index contributed by atoms with van der Waals surface area (Å²) in [5, 5.41) is 0. The summed E-state index contributed by atoms with van der Waals surface area (Å²) in [7, 11) is 3.13. The summed E-state index contributed by atoms with van der Waals surface area (Å²) in [6.07, 6.45) is 1.91. The lowest BCUT2D eigenvalue weighted by molar-refractivity contribution is 0.0705. The van der Waals surface area contributed by atoms with Crippen molar-refractivity contribution in [2.24, 2.45) is 5.73 Å². The third kappa shape index (κ3) is 3.55. The van der Waals surface area contributed by atoms with Crippen molar-refractivity contribution in [3.8, 4) is 11.5 Å². The summed E-state index contributed by atoms with van der Waals surface area (Å²) < 4.78 is 10.4. The lowest BCUT2D eigenvalue weighted by atomic mass is 10.0. The smallest absolute Gasteiger partial charge is 0.257 e. The van der Waals surface area contributed by atoms with E-state index in [0.29, 0.717) is 23.6 Å². The molecule has 0 aliphatic carbocycles. The summed E-state index contributed by atoms with van der Waals surface area (Å²) in [6.45, 7) is 1.34. The predicted octanol–water partition coefficient (Wildman–Crippen LogP) is 1.69. The number of carbonyl (C=O) groups excluding carboxylic acids is 1. The Kier molecular flexibility index (Phi) is 6.10. The van der Waals surface area contributed by atoms with Crippen molar-refractivity contribution in [2.45, 2.75) is 18.9 Å². The molecule has 1 aromatic carbocycles. The number of halogens is 1. The van der Waals surface area contributed by atoms with Crippen molar-refractivity contribution < 1.29 is 14.3 Å². The highest BCUT2D eigenvalue weighted by molar-refractivity contribution is 5.97. The molecule has 1 atom stereocenters. The Balaban J connectivity index is 0.00000200. The summed E-state index contributed by atoms with van der Waals surface area (Å²) in [5.74, 6) is 1.15. The Morgan fingerprint density at radius 3 is 2.70 bits per heavy atom. The van der Waals surface area contributed by atoms with Gasteiger partial charge in [-0.1, -0.05) is 0 Å². The van der Waals surface area contributed by atoms with Crippen LogP contribution < -0.4 is 15.2 Å². The van der Waals surface area contributed by atoms with Gasteiger partial charge in [-0.2, -0.15) is 0 Å². The average molecular weight is 301 g/mol. The molecule has 6 heteroatoms. The number of ether oxygens (including phenoxy) is 2. The highest BCUT2D eigenvalue weighted by atomic mass is 35.5. The molecule has 1 aromatic rings. The van der Waals surface area contributed by atoms with Crippen LogP contribution in [0.4, 0.5) is 0 Å². The molecule has 2 rings (SSSR count). The van der Waals surface area contributed by atoms with E-state index in [2.05, 4.69) is 0 Å². The Morgan fingerprint density at radius 2 is 2.10 bits per heavy atom. The predicted molar refractivity (Wildman–Crippen MR) is 79.9 cm³/mol. The first-order valence-electron chi connectivity index (χ1n) is 6.42. The van der Waals surface area contributed by atoms with E-state index >= 15 is 0 Å². The summed E-state index contributed by atoms with van der Waals surface area (Å²) >= 11 is 0. The molecule has 112 valence electrons. The molecule has 0 bridgehead atoms. The number of rotatable bonds is 3. The standard InChI is InChI=1S/C14H20N2O3.ClH/c1-18-11-5-6-13(19-2)12(8-11)14(17)16-7-3-4-10(15)9-16;/h5-6,8,10H,3-4,7,9,15H2,1-2H3;1H/t10-;/m1./s1. The number of nitrogens with zero attached hydrogens (tertiary/aromatic N) is 1. The lowest BCUT2D eigenvalue weighted by Crippen LogP contribution is -2.45. The fourth-order valence-corrected chi connectivity index (χ4v) is 2.35. The van der Waals surface area contributed by atoms with Crippen molar-refractivity contribution in [3.63, 3.8) is 0 Å². The van der Waals surface area contributed by atoms with E-state index < -0.39 is 0 Å². The molecule has 0 aromatic heterocycles. The number of nitrogens with two attached hydrogens (primary N) is 1. The van der Waals surface area contributed by atoms with Crippen molar-refractivity contribution in [1.82, 2.24) is 4.90 Å². The van der Waals surface area contributed by atoms with Crippen molar-refractivity contribution in [3.05, 3.63) is 23.8 Å². The van der Waals surface area contributed by atoms with Crippen LogP contribution in [0.2, 0.25) is 0 Å². The molecule has 1 aliphatic heterocycles. The van der Waals surface area contributed by atoms with Gasteiger partial charge in [0.05, 0.1) is 19.8 Å². The maximum Gasteiger partial charge on any atom is 0.257 e. The molecule has 0 spiro atoms. The second-order valence-corrected chi connectivity index (χ2v) is 4.72. The number of methoxy groups -OCH3 is 2. The van der Waals surface area contributed by atoms with Crippen LogP contribution in [0.25, 0.3) is 0 Å². The van der Waals surface area contributed by atoms with Crippen LogP contribution in [-0.2, 0) is 0 Å². The second kappa shape index (κ2) is 7.36. The van der Waals surface area contributed by atoms with Crippen LogP contribution in [0.3, 0.4) is 0 Å². The van der Waals surface area contributed by atoms with Gasteiger partial charge in [0.1, 0.15) is 11.5 Å².